The zero-order valence-corrected chi connectivity index (χ0v) is 13.1. The van der Waals surface area contributed by atoms with Crippen LogP contribution < -0.4 is 0 Å². The predicted octanol–water partition coefficient (Wildman–Crippen LogP) is 3.37. The van der Waals surface area contributed by atoms with Gasteiger partial charge < -0.3 is 10.0 Å². The van der Waals surface area contributed by atoms with Crippen molar-refractivity contribution in [3.05, 3.63) is 34.3 Å². The molecule has 1 fully saturated rings. The second kappa shape index (κ2) is 6.06. The molecular formula is C16H20ClNO3. The number of aliphatic carboxylic acids is 1. The van der Waals surface area contributed by atoms with Crippen LogP contribution in [-0.4, -0.2) is 35.0 Å². The first-order valence-electron chi connectivity index (χ1n) is 7.18. The van der Waals surface area contributed by atoms with Gasteiger partial charge in [0.2, 0.25) is 0 Å². The number of benzene rings is 1. The number of hydrogen-bond donors (Lipinski definition) is 1. The maximum Gasteiger partial charge on any atom is 0.309 e. The fourth-order valence-corrected chi connectivity index (χ4v) is 3.12. The average Bonchev–Trinajstić information content (AvgIpc) is 2.46. The molecule has 2 rings (SSSR count). The van der Waals surface area contributed by atoms with Gasteiger partial charge >= 0.3 is 5.97 Å². The van der Waals surface area contributed by atoms with Crippen LogP contribution in [0.4, 0.5) is 0 Å². The molecule has 1 saturated heterocycles. The molecule has 21 heavy (non-hydrogen) atoms. The van der Waals surface area contributed by atoms with Gasteiger partial charge in [-0.3, -0.25) is 9.59 Å². The lowest BCUT2D eigenvalue weighted by Crippen LogP contribution is -2.46. The smallest absolute Gasteiger partial charge is 0.309 e. The predicted molar refractivity (Wildman–Crippen MR) is 81.7 cm³/mol. The summed E-state index contributed by atoms with van der Waals surface area (Å²) in [6.07, 6.45) is 1.62. The zero-order valence-electron chi connectivity index (χ0n) is 12.4. The van der Waals surface area contributed by atoms with Crippen LogP contribution in [-0.2, 0) is 4.79 Å². The van der Waals surface area contributed by atoms with E-state index in [1.807, 2.05) is 13.8 Å². The molecule has 0 radical (unpaired) electrons. The Bertz CT molecular complexity index is 563. The number of carbonyl (C=O) groups excluding carboxylic acids is 1. The molecule has 1 aromatic rings. The van der Waals surface area contributed by atoms with Crippen molar-refractivity contribution < 1.29 is 14.7 Å². The van der Waals surface area contributed by atoms with E-state index in [0.29, 0.717) is 42.9 Å². The first kappa shape index (κ1) is 15.8. The van der Waals surface area contributed by atoms with Crippen LogP contribution in [0.1, 0.15) is 42.1 Å². The fourth-order valence-electron chi connectivity index (χ4n) is 2.89. The van der Waals surface area contributed by atoms with Gasteiger partial charge in [0.15, 0.2) is 0 Å². The molecule has 0 aromatic heterocycles. The molecule has 0 unspecified atom stereocenters. The third-order valence-electron chi connectivity index (χ3n) is 4.56. The lowest BCUT2D eigenvalue weighted by Gasteiger charge is -2.38. The Morgan fingerprint density at radius 2 is 1.95 bits per heavy atom. The summed E-state index contributed by atoms with van der Waals surface area (Å²) in [5, 5.41) is 10.00. The standard InChI is InChI=1S/C16H20ClNO3/c1-3-16(15(20)21)6-8-18(9-7-16)14(19)13-5-4-12(17)10-11(13)2/h4-5,10H,3,6-9H2,1-2H3,(H,20,21). The van der Waals surface area contributed by atoms with Crippen molar-refractivity contribution in [3.8, 4) is 0 Å². The van der Waals surface area contributed by atoms with Crippen molar-refractivity contribution in [3.63, 3.8) is 0 Å². The maximum absolute atomic E-state index is 12.5. The van der Waals surface area contributed by atoms with Gasteiger partial charge in [-0.25, -0.2) is 0 Å². The summed E-state index contributed by atoms with van der Waals surface area (Å²) < 4.78 is 0. The van der Waals surface area contributed by atoms with Crippen LogP contribution in [0, 0.1) is 12.3 Å². The quantitative estimate of drug-likeness (QED) is 0.931. The summed E-state index contributed by atoms with van der Waals surface area (Å²) in [7, 11) is 0. The molecule has 0 spiro atoms. The number of piperidine rings is 1. The number of nitrogens with zero attached hydrogens (tertiary/aromatic N) is 1. The summed E-state index contributed by atoms with van der Waals surface area (Å²) in [4.78, 5) is 25.7. The number of halogens is 1. The van der Waals surface area contributed by atoms with Crippen LogP contribution >= 0.6 is 11.6 Å². The van der Waals surface area contributed by atoms with Crippen molar-refractivity contribution in [2.45, 2.75) is 33.1 Å². The van der Waals surface area contributed by atoms with Crippen LogP contribution in [0.25, 0.3) is 0 Å². The fraction of sp³-hybridized carbons (Fsp3) is 0.500. The molecular weight excluding hydrogens is 290 g/mol. The highest BCUT2D eigenvalue weighted by molar-refractivity contribution is 6.30. The first-order chi connectivity index (χ1) is 9.89. The zero-order chi connectivity index (χ0) is 15.6. The molecule has 1 aliphatic heterocycles. The van der Waals surface area contributed by atoms with E-state index in [4.69, 9.17) is 11.6 Å². The van der Waals surface area contributed by atoms with Gasteiger partial charge in [0.1, 0.15) is 0 Å². The van der Waals surface area contributed by atoms with Gasteiger partial charge in [0.05, 0.1) is 5.41 Å². The Kier molecular flexibility index (Phi) is 4.57. The van der Waals surface area contributed by atoms with Crippen LogP contribution in [0.3, 0.4) is 0 Å². The summed E-state index contributed by atoms with van der Waals surface area (Å²) in [5.74, 6) is -0.793. The number of hydrogen-bond acceptors (Lipinski definition) is 2. The van der Waals surface area contributed by atoms with E-state index < -0.39 is 11.4 Å². The summed E-state index contributed by atoms with van der Waals surface area (Å²) in [5.41, 5.74) is 0.808. The number of amides is 1. The molecule has 4 nitrogen and oxygen atoms in total. The van der Waals surface area contributed by atoms with Gasteiger partial charge in [0.25, 0.3) is 5.91 Å². The molecule has 1 heterocycles. The summed E-state index contributed by atoms with van der Waals surface area (Å²) in [6.45, 7) is 4.73. The second-order valence-corrected chi connectivity index (χ2v) is 6.13. The lowest BCUT2D eigenvalue weighted by atomic mass is 9.76. The number of likely N-dealkylation sites (tertiary alicyclic amines) is 1. The van der Waals surface area contributed by atoms with E-state index in [1.165, 1.54) is 0 Å². The van der Waals surface area contributed by atoms with Gasteiger partial charge in [-0.15, -0.1) is 0 Å². The third-order valence-corrected chi connectivity index (χ3v) is 4.79. The molecule has 5 heteroatoms. The van der Waals surface area contributed by atoms with Crippen molar-refractivity contribution in [2.75, 3.05) is 13.1 Å². The summed E-state index contributed by atoms with van der Waals surface area (Å²) in [6, 6.07) is 5.21. The number of carbonyl (C=O) groups is 2. The van der Waals surface area contributed by atoms with E-state index in [1.54, 1.807) is 23.1 Å². The molecule has 0 bridgehead atoms. The Labute approximate surface area is 129 Å². The van der Waals surface area contributed by atoms with Gasteiger partial charge in [0, 0.05) is 23.7 Å². The SMILES string of the molecule is CCC1(C(=O)O)CCN(C(=O)c2ccc(Cl)cc2C)CC1. The van der Waals surface area contributed by atoms with Crippen molar-refractivity contribution in [2.24, 2.45) is 5.41 Å². The highest BCUT2D eigenvalue weighted by atomic mass is 35.5. The van der Waals surface area contributed by atoms with Gasteiger partial charge in [-0.2, -0.15) is 0 Å². The molecule has 0 aliphatic carbocycles. The number of carboxylic acid groups (broad SMARTS) is 1. The van der Waals surface area contributed by atoms with Crippen molar-refractivity contribution >= 4 is 23.5 Å². The van der Waals surface area contributed by atoms with Crippen molar-refractivity contribution in [1.29, 1.82) is 0 Å². The average molecular weight is 310 g/mol. The van der Waals surface area contributed by atoms with E-state index in [-0.39, 0.29) is 5.91 Å². The minimum atomic E-state index is -0.750. The van der Waals surface area contributed by atoms with E-state index in [2.05, 4.69) is 0 Å². The Balaban J connectivity index is 2.12. The first-order valence-corrected chi connectivity index (χ1v) is 7.56. The topological polar surface area (TPSA) is 57.6 Å². The number of rotatable bonds is 3. The van der Waals surface area contributed by atoms with Crippen LogP contribution in [0.2, 0.25) is 5.02 Å². The molecule has 1 amide bonds. The highest BCUT2D eigenvalue weighted by Gasteiger charge is 2.40. The van der Waals surface area contributed by atoms with E-state index in [0.717, 1.165) is 5.56 Å². The summed E-state index contributed by atoms with van der Waals surface area (Å²) >= 11 is 5.91. The normalized spacial score (nSPS) is 17.6. The molecule has 0 saturated carbocycles. The highest BCUT2D eigenvalue weighted by Crippen LogP contribution is 2.35. The van der Waals surface area contributed by atoms with Gasteiger partial charge in [-0.1, -0.05) is 18.5 Å². The monoisotopic (exact) mass is 309 g/mol. The van der Waals surface area contributed by atoms with E-state index >= 15 is 0 Å². The number of aryl methyl sites for hydroxylation is 1. The van der Waals surface area contributed by atoms with E-state index in [9.17, 15) is 14.7 Å². The van der Waals surface area contributed by atoms with Crippen LogP contribution in [0.15, 0.2) is 18.2 Å². The largest absolute Gasteiger partial charge is 0.481 e. The molecule has 1 aliphatic rings. The van der Waals surface area contributed by atoms with Gasteiger partial charge in [-0.05, 0) is 49.9 Å². The Hall–Kier alpha value is -1.55. The molecule has 0 atom stereocenters. The lowest BCUT2D eigenvalue weighted by molar-refractivity contribution is -0.152. The molecule has 114 valence electrons. The minimum Gasteiger partial charge on any atom is -0.481 e. The molecule has 1 N–H and O–H groups in total. The Morgan fingerprint density at radius 1 is 1.33 bits per heavy atom. The van der Waals surface area contributed by atoms with Crippen molar-refractivity contribution in [1.82, 2.24) is 4.90 Å². The molecule has 1 aromatic carbocycles. The Morgan fingerprint density at radius 3 is 2.43 bits per heavy atom. The minimum absolute atomic E-state index is 0.0424. The second-order valence-electron chi connectivity index (χ2n) is 5.69. The third kappa shape index (κ3) is 3.05. The van der Waals surface area contributed by atoms with Crippen LogP contribution in [0.5, 0.6) is 0 Å². The maximum atomic E-state index is 12.5. The number of carboxylic acids is 1.